The number of rotatable bonds is 5. The lowest BCUT2D eigenvalue weighted by Gasteiger charge is -2.10. The van der Waals surface area contributed by atoms with Gasteiger partial charge in [-0.05, 0) is 29.4 Å². The van der Waals surface area contributed by atoms with Crippen molar-refractivity contribution in [2.75, 3.05) is 0 Å². The van der Waals surface area contributed by atoms with Crippen molar-refractivity contribution < 1.29 is 10.0 Å². The third kappa shape index (κ3) is 3.36. The van der Waals surface area contributed by atoms with E-state index in [1.54, 1.807) is 0 Å². The largest absolute Gasteiger partial charge is 0.488 e. The molecule has 0 saturated heterocycles. The minimum Gasteiger partial charge on any atom is -0.423 e. The second-order valence-electron chi connectivity index (χ2n) is 3.91. The number of hydrogen-bond donors (Lipinski definition) is 2. The Hall–Kier alpha value is -0.795. The van der Waals surface area contributed by atoms with Gasteiger partial charge in [-0.1, -0.05) is 44.9 Å². The molecule has 0 aromatic heterocycles. The van der Waals surface area contributed by atoms with E-state index in [-0.39, 0.29) is 0 Å². The zero-order valence-electron chi connectivity index (χ0n) is 9.53. The van der Waals surface area contributed by atoms with Crippen molar-refractivity contribution in [3.8, 4) is 0 Å². The second-order valence-corrected chi connectivity index (χ2v) is 3.91. The highest BCUT2D eigenvalue weighted by Gasteiger charge is 2.15. The van der Waals surface area contributed by atoms with Crippen LogP contribution >= 0.6 is 0 Å². The third-order valence-corrected chi connectivity index (χ3v) is 2.55. The molecule has 1 aromatic carbocycles. The van der Waals surface area contributed by atoms with Crippen LogP contribution in [0.4, 0.5) is 0 Å². The molecule has 15 heavy (non-hydrogen) atoms. The lowest BCUT2D eigenvalue weighted by molar-refractivity contribution is 0.425. The fourth-order valence-electron chi connectivity index (χ4n) is 1.83. The first kappa shape index (κ1) is 12.3. The Morgan fingerprint density at radius 2 is 1.73 bits per heavy atom. The van der Waals surface area contributed by atoms with Gasteiger partial charge in [-0.25, -0.2) is 0 Å². The molecule has 0 aliphatic heterocycles. The molecule has 0 fully saturated rings. The molecule has 3 heteroatoms. The van der Waals surface area contributed by atoms with Crippen molar-refractivity contribution in [2.24, 2.45) is 0 Å². The Labute approximate surface area is 92.1 Å². The summed E-state index contributed by atoms with van der Waals surface area (Å²) in [5.74, 6) is 0. The van der Waals surface area contributed by atoms with Gasteiger partial charge >= 0.3 is 7.12 Å². The van der Waals surface area contributed by atoms with Gasteiger partial charge in [-0.15, -0.1) is 0 Å². The fraction of sp³-hybridized carbons (Fsp3) is 0.500. The smallest absolute Gasteiger partial charge is 0.423 e. The van der Waals surface area contributed by atoms with Crippen LogP contribution in [0, 0.1) is 0 Å². The standard InChI is InChI=1S/C12H19BO2/c1-3-5-10-7-8-11(6-4-2)12(9-10)13(14)15/h7-9,14-15H,3-6H2,1-2H3. The summed E-state index contributed by atoms with van der Waals surface area (Å²) < 4.78 is 0. The third-order valence-electron chi connectivity index (χ3n) is 2.55. The molecule has 0 radical (unpaired) electrons. The summed E-state index contributed by atoms with van der Waals surface area (Å²) in [6, 6.07) is 6.02. The van der Waals surface area contributed by atoms with Gasteiger partial charge in [0.25, 0.3) is 0 Å². The molecular formula is C12H19BO2. The van der Waals surface area contributed by atoms with Crippen molar-refractivity contribution in [1.29, 1.82) is 0 Å². The Morgan fingerprint density at radius 1 is 1.07 bits per heavy atom. The molecule has 82 valence electrons. The van der Waals surface area contributed by atoms with Gasteiger partial charge in [-0.3, -0.25) is 0 Å². The zero-order chi connectivity index (χ0) is 11.3. The number of benzene rings is 1. The molecule has 0 unspecified atom stereocenters. The van der Waals surface area contributed by atoms with Gasteiger partial charge in [0.15, 0.2) is 0 Å². The molecule has 0 aliphatic carbocycles. The summed E-state index contributed by atoms with van der Waals surface area (Å²) in [5, 5.41) is 18.6. The van der Waals surface area contributed by atoms with E-state index in [4.69, 9.17) is 0 Å². The topological polar surface area (TPSA) is 40.5 Å². The summed E-state index contributed by atoms with van der Waals surface area (Å²) in [6.45, 7) is 4.21. The molecule has 0 amide bonds. The summed E-state index contributed by atoms with van der Waals surface area (Å²) in [7, 11) is -1.34. The van der Waals surface area contributed by atoms with Gasteiger partial charge in [0.05, 0.1) is 0 Å². The molecule has 0 spiro atoms. The van der Waals surface area contributed by atoms with E-state index >= 15 is 0 Å². The van der Waals surface area contributed by atoms with Gasteiger partial charge < -0.3 is 10.0 Å². The highest BCUT2D eigenvalue weighted by molar-refractivity contribution is 6.59. The Bertz CT molecular complexity index is 310. The monoisotopic (exact) mass is 206 g/mol. The van der Waals surface area contributed by atoms with Crippen LogP contribution in [0.25, 0.3) is 0 Å². The lowest BCUT2D eigenvalue weighted by atomic mass is 9.75. The molecule has 0 atom stereocenters. The first-order valence-corrected chi connectivity index (χ1v) is 5.66. The molecule has 0 saturated carbocycles. The minimum atomic E-state index is -1.34. The summed E-state index contributed by atoms with van der Waals surface area (Å²) >= 11 is 0. The predicted molar refractivity (Wildman–Crippen MR) is 64.3 cm³/mol. The molecule has 1 rings (SSSR count). The number of aryl methyl sites for hydroxylation is 2. The van der Waals surface area contributed by atoms with Crippen LogP contribution in [0.2, 0.25) is 0 Å². The minimum absolute atomic E-state index is 0.669. The maximum Gasteiger partial charge on any atom is 0.488 e. The van der Waals surface area contributed by atoms with Crippen LogP contribution in [0.5, 0.6) is 0 Å². The van der Waals surface area contributed by atoms with Crippen molar-refractivity contribution in [2.45, 2.75) is 39.5 Å². The average Bonchev–Trinajstić information content (AvgIpc) is 2.21. The highest BCUT2D eigenvalue weighted by Crippen LogP contribution is 2.07. The summed E-state index contributed by atoms with van der Waals surface area (Å²) in [4.78, 5) is 0. The molecule has 0 heterocycles. The van der Waals surface area contributed by atoms with Crippen LogP contribution in [0.3, 0.4) is 0 Å². The normalized spacial score (nSPS) is 10.4. The van der Waals surface area contributed by atoms with Crippen LogP contribution in [0.15, 0.2) is 18.2 Å². The summed E-state index contributed by atoms with van der Waals surface area (Å²) in [6.07, 6.45) is 3.99. The SMILES string of the molecule is CCCc1ccc(CCC)c(B(O)O)c1. The Kier molecular flexibility index (Phi) is 4.86. The predicted octanol–water partition coefficient (Wildman–Crippen LogP) is 1.27. The zero-order valence-corrected chi connectivity index (χ0v) is 9.53. The van der Waals surface area contributed by atoms with Crippen LogP contribution in [-0.4, -0.2) is 17.2 Å². The first-order valence-electron chi connectivity index (χ1n) is 5.66. The Morgan fingerprint density at radius 3 is 2.27 bits per heavy atom. The average molecular weight is 206 g/mol. The van der Waals surface area contributed by atoms with Crippen molar-refractivity contribution >= 4 is 12.6 Å². The second kappa shape index (κ2) is 5.94. The van der Waals surface area contributed by atoms with Crippen LogP contribution in [-0.2, 0) is 12.8 Å². The molecule has 2 nitrogen and oxygen atoms in total. The van der Waals surface area contributed by atoms with Crippen molar-refractivity contribution in [3.05, 3.63) is 29.3 Å². The van der Waals surface area contributed by atoms with E-state index in [0.717, 1.165) is 31.2 Å². The van der Waals surface area contributed by atoms with E-state index in [1.807, 2.05) is 12.1 Å². The molecule has 0 bridgehead atoms. The highest BCUT2D eigenvalue weighted by atomic mass is 16.4. The van der Waals surface area contributed by atoms with E-state index in [1.165, 1.54) is 5.56 Å². The van der Waals surface area contributed by atoms with Crippen LogP contribution in [0.1, 0.15) is 37.8 Å². The van der Waals surface area contributed by atoms with Gasteiger partial charge in [0, 0.05) is 0 Å². The quantitative estimate of drug-likeness (QED) is 0.712. The van der Waals surface area contributed by atoms with E-state index < -0.39 is 7.12 Å². The molecule has 0 aliphatic rings. The van der Waals surface area contributed by atoms with E-state index in [9.17, 15) is 10.0 Å². The first-order chi connectivity index (χ1) is 7.19. The van der Waals surface area contributed by atoms with E-state index in [2.05, 4.69) is 19.9 Å². The van der Waals surface area contributed by atoms with Gasteiger partial charge in [0.1, 0.15) is 0 Å². The molecular weight excluding hydrogens is 187 g/mol. The van der Waals surface area contributed by atoms with E-state index in [0.29, 0.717) is 5.46 Å². The molecule has 1 aromatic rings. The number of hydrogen-bond acceptors (Lipinski definition) is 2. The Balaban J connectivity index is 2.97. The maximum absolute atomic E-state index is 9.28. The summed E-state index contributed by atoms with van der Waals surface area (Å²) in [5.41, 5.74) is 2.90. The van der Waals surface area contributed by atoms with Gasteiger partial charge in [0.2, 0.25) is 0 Å². The van der Waals surface area contributed by atoms with Crippen LogP contribution < -0.4 is 5.46 Å². The maximum atomic E-state index is 9.28. The lowest BCUT2D eigenvalue weighted by Crippen LogP contribution is -2.33. The van der Waals surface area contributed by atoms with Gasteiger partial charge in [-0.2, -0.15) is 0 Å². The fourth-order valence-corrected chi connectivity index (χ4v) is 1.83. The van der Waals surface area contributed by atoms with Crippen molar-refractivity contribution in [3.63, 3.8) is 0 Å². The van der Waals surface area contributed by atoms with Crippen molar-refractivity contribution in [1.82, 2.24) is 0 Å². The molecule has 2 N–H and O–H groups in total.